The van der Waals surface area contributed by atoms with Crippen LogP contribution in [0.4, 0.5) is 0 Å². The molecule has 0 spiro atoms. The second kappa shape index (κ2) is 7.82. The number of carbonyl (C=O) groups excluding carboxylic acids is 1. The molecule has 0 aliphatic carbocycles. The quantitative estimate of drug-likeness (QED) is 0.801. The highest BCUT2D eigenvalue weighted by atomic mass is 16.5. The van der Waals surface area contributed by atoms with Gasteiger partial charge in [-0.3, -0.25) is 9.69 Å². The van der Waals surface area contributed by atoms with Gasteiger partial charge in [0.15, 0.2) is 0 Å². The van der Waals surface area contributed by atoms with E-state index in [0.29, 0.717) is 26.2 Å². The highest BCUT2D eigenvalue weighted by Crippen LogP contribution is 2.09. The second-order valence-corrected chi connectivity index (χ2v) is 4.89. The number of rotatable bonds is 6. The summed E-state index contributed by atoms with van der Waals surface area (Å²) in [5.41, 5.74) is 1.11. The van der Waals surface area contributed by atoms with E-state index in [9.17, 15) is 4.79 Å². The van der Waals surface area contributed by atoms with E-state index < -0.39 is 0 Å². The van der Waals surface area contributed by atoms with Crippen LogP contribution < -0.4 is 5.32 Å². The lowest BCUT2D eigenvalue weighted by atomic mass is 10.1. The predicted molar refractivity (Wildman–Crippen MR) is 79.3 cm³/mol. The van der Waals surface area contributed by atoms with Crippen LogP contribution in [0.1, 0.15) is 12.0 Å². The smallest absolute Gasteiger partial charge is 0.237 e. The van der Waals surface area contributed by atoms with Crippen LogP contribution in [0.15, 0.2) is 43.0 Å². The van der Waals surface area contributed by atoms with E-state index in [1.54, 1.807) is 0 Å². The zero-order valence-corrected chi connectivity index (χ0v) is 11.8. The van der Waals surface area contributed by atoms with Gasteiger partial charge < -0.3 is 10.1 Å². The normalized spacial score (nSPS) is 17.4. The Hall–Kier alpha value is -1.65. The van der Waals surface area contributed by atoms with E-state index in [4.69, 9.17) is 4.74 Å². The van der Waals surface area contributed by atoms with E-state index in [1.165, 1.54) is 0 Å². The number of nitrogens with one attached hydrogen (secondary N) is 1. The Morgan fingerprint density at radius 3 is 2.70 bits per heavy atom. The summed E-state index contributed by atoms with van der Waals surface area (Å²) >= 11 is 0. The van der Waals surface area contributed by atoms with Gasteiger partial charge in [-0.25, -0.2) is 0 Å². The van der Waals surface area contributed by atoms with Crippen LogP contribution in [0.25, 0.3) is 0 Å². The summed E-state index contributed by atoms with van der Waals surface area (Å²) in [6.07, 6.45) is 2.48. The SMILES string of the molecule is C=CCC(C(=O)NCc1ccccc1)N1CCOCC1. The molecule has 1 N–H and O–H groups in total. The predicted octanol–water partition coefficient (Wildman–Crippen LogP) is 1.58. The molecule has 4 nitrogen and oxygen atoms in total. The third-order valence-corrected chi connectivity index (χ3v) is 3.49. The average molecular weight is 274 g/mol. The number of hydrogen-bond acceptors (Lipinski definition) is 3. The number of benzene rings is 1. The van der Waals surface area contributed by atoms with Crippen molar-refractivity contribution in [3.05, 3.63) is 48.6 Å². The van der Waals surface area contributed by atoms with Crippen molar-refractivity contribution in [3.63, 3.8) is 0 Å². The van der Waals surface area contributed by atoms with Crippen LogP contribution in [0, 0.1) is 0 Å². The highest BCUT2D eigenvalue weighted by molar-refractivity contribution is 5.81. The number of ether oxygens (including phenoxy) is 1. The van der Waals surface area contributed by atoms with Crippen LogP contribution in [0.5, 0.6) is 0 Å². The Kier molecular flexibility index (Phi) is 5.77. The Labute approximate surface area is 120 Å². The van der Waals surface area contributed by atoms with Crippen LogP contribution in [-0.2, 0) is 16.1 Å². The molecule has 0 aromatic heterocycles. The van der Waals surface area contributed by atoms with E-state index in [2.05, 4.69) is 16.8 Å². The van der Waals surface area contributed by atoms with E-state index in [0.717, 1.165) is 18.7 Å². The molecule has 1 aromatic carbocycles. The molecule has 108 valence electrons. The number of hydrogen-bond donors (Lipinski definition) is 1. The van der Waals surface area contributed by atoms with Crippen LogP contribution in [-0.4, -0.2) is 43.2 Å². The molecule has 1 aliphatic heterocycles. The molecule has 1 fully saturated rings. The van der Waals surface area contributed by atoms with Crippen LogP contribution in [0.3, 0.4) is 0 Å². The fourth-order valence-electron chi connectivity index (χ4n) is 2.37. The lowest BCUT2D eigenvalue weighted by molar-refractivity contribution is -0.128. The molecule has 1 heterocycles. The first-order valence-corrected chi connectivity index (χ1v) is 7.05. The van der Waals surface area contributed by atoms with Gasteiger partial charge in [0, 0.05) is 19.6 Å². The lowest BCUT2D eigenvalue weighted by Crippen LogP contribution is -2.50. The monoisotopic (exact) mass is 274 g/mol. The maximum absolute atomic E-state index is 12.4. The van der Waals surface area contributed by atoms with Gasteiger partial charge in [-0.2, -0.15) is 0 Å². The van der Waals surface area contributed by atoms with Crippen molar-refractivity contribution in [2.45, 2.75) is 19.0 Å². The van der Waals surface area contributed by atoms with E-state index >= 15 is 0 Å². The van der Waals surface area contributed by atoms with Gasteiger partial charge in [0.1, 0.15) is 0 Å². The molecule has 1 amide bonds. The maximum Gasteiger partial charge on any atom is 0.237 e. The lowest BCUT2D eigenvalue weighted by Gasteiger charge is -2.33. The molecular weight excluding hydrogens is 252 g/mol. The first-order valence-electron chi connectivity index (χ1n) is 7.05. The highest BCUT2D eigenvalue weighted by Gasteiger charge is 2.25. The number of carbonyl (C=O) groups is 1. The van der Waals surface area contributed by atoms with Gasteiger partial charge in [0.2, 0.25) is 5.91 Å². The van der Waals surface area contributed by atoms with Gasteiger partial charge in [-0.05, 0) is 12.0 Å². The van der Waals surface area contributed by atoms with Gasteiger partial charge in [-0.15, -0.1) is 6.58 Å². The Morgan fingerprint density at radius 2 is 2.05 bits per heavy atom. The molecule has 4 heteroatoms. The van der Waals surface area contributed by atoms with Crippen LogP contribution >= 0.6 is 0 Å². The summed E-state index contributed by atoms with van der Waals surface area (Å²) in [4.78, 5) is 14.5. The summed E-state index contributed by atoms with van der Waals surface area (Å²) in [6.45, 7) is 7.32. The van der Waals surface area contributed by atoms with Gasteiger partial charge in [0.25, 0.3) is 0 Å². The topological polar surface area (TPSA) is 41.6 Å². The first-order chi connectivity index (χ1) is 9.81. The van der Waals surface area contributed by atoms with Crippen molar-refractivity contribution >= 4 is 5.91 Å². The Morgan fingerprint density at radius 1 is 1.35 bits per heavy atom. The third-order valence-electron chi connectivity index (χ3n) is 3.49. The molecule has 0 bridgehead atoms. The fourth-order valence-corrected chi connectivity index (χ4v) is 2.37. The Bertz CT molecular complexity index is 427. The molecule has 0 radical (unpaired) electrons. The second-order valence-electron chi connectivity index (χ2n) is 4.89. The standard InChI is InChI=1S/C16H22N2O2/c1-2-6-15(18-9-11-20-12-10-18)16(19)17-13-14-7-4-3-5-8-14/h2-5,7-8,15H,1,6,9-13H2,(H,17,19). The van der Waals surface area contributed by atoms with Crippen LogP contribution in [0.2, 0.25) is 0 Å². The summed E-state index contributed by atoms with van der Waals surface area (Å²) in [5, 5.41) is 3.01. The summed E-state index contributed by atoms with van der Waals surface area (Å²) in [5.74, 6) is 0.0654. The minimum atomic E-state index is -0.139. The fraction of sp³-hybridized carbons (Fsp3) is 0.438. The first kappa shape index (κ1) is 14.8. The molecule has 1 aromatic rings. The minimum absolute atomic E-state index is 0.0654. The molecular formula is C16H22N2O2. The molecule has 2 rings (SSSR count). The number of morpholine rings is 1. The molecule has 1 unspecified atom stereocenters. The van der Waals surface area contributed by atoms with Crippen molar-refractivity contribution in [2.75, 3.05) is 26.3 Å². The van der Waals surface area contributed by atoms with Crippen molar-refractivity contribution in [3.8, 4) is 0 Å². The van der Waals surface area contributed by atoms with E-state index in [1.807, 2.05) is 36.4 Å². The van der Waals surface area contributed by atoms with Crippen molar-refractivity contribution in [2.24, 2.45) is 0 Å². The van der Waals surface area contributed by atoms with Crippen molar-refractivity contribution in [1.29, 1.82) is 0 Å². The van der Waals surface area contributed by atoms with Gasteiger partial charge in [0.05, 0.1) is 19.3 Å². The maximum atomic E-state index is 12.4. The molecule has 1 aliphatic rings. The van der Waals surface area contributed by atoms with Gasteiger partial charge >= 0.3 is 0 Å². The third kappa shape index (κ3) is 4.18. The molecule has 1 atom stereocenters. The zero-order valence-electron chi connectivity index (χ0n) is 11.8. The van der Waals surface area contributed by atoms with Crippen molar-refractivity contribution < 1.29 is 9.53 Å². The average Bonchev–Trinajstić information content (AvgIpc) is 2.52. The zero-order chi connectivity index (χ0) is 14.2. The largest absolute Gasteiger partial charge is 0.379 e. The van der Waals surface area contributed by atoms with Crippen molar-refractivity contribution in [1.82, 2.24) is 10.2 Å². The van der Waals surface area contributed by atoms with E-state index in [-0.39, 0.29) is 11.9 Å². The molecule has 20 heavy (non-hydrogen) atoms. The van der Waals surface area contributed by atoms with Gasteiger partial charge in [-0.1, -0.05) is 36.4 Å². The molecule has 1 saturated heterocycles. The number of nitrogens with zero attached hydrogens (tertiary/aromatic N) is 1. The Balaban J connectivity index is 1.90. The molecule has 0 saturated carbocycles. The minimum Gasteiger partial charge on any atom is -0.379 e. The summed E-state index contributed by atoms with van der Waals surface area (Å²) in [6, 6.07) is 9.81. The summed E-state index contributed by atoms with van der Waals surface area (Å²) < 4.78 is 5.34. The number of amides is 1. The summed E-state index contributed by atoms with van der Waals surface area (Å²) in [7, 11) is 0.